The van der Waals surface area contributed by atoms with Crippen molar-refractivity contribution in [3.05, 3.63) is 66.0 Å². The van der Waals surface area contributed by atoms with Crippen molar-refractivity contribution in [2.45, 2.75) is 19.1 Å². The second kappa shape index (κ2) is 4.93. The minimum absolute atomic E-state index is 0.163. The first kappa shape index (κ1) is 13.7. The third-order valence-electron chi connectivity index (χ3n) is 3.47. The SMILES string of the molecule is Cc1nc2ccccc2n1C(F)(F)C(O)c1ccccc1. The van der Waals surface area contributed by atoms with Crippen LogP contribution in [0, 0.1) is 6.92 Å². The Kier molecular flexibility index (Phi) is 3.22. The van der Waals surface area contributed by atoms with Gasteiger partial charge in [0.15, 0.2) is 6.10 Å². The van der Waals surface area contributed by atoms with Crippen molar-refractivity contribution in [2.24, 2.45) is 0 Å². The van der Waals surface area contributed by atoms with Crippen LogP contribution in [0.2, 0.25) is 0 Å². The van der Waals surface area contributed by atoms with E-state index in [1.54, 1.807) is 42.5 Å². The van der Waals surface area contributed by atoms with E-state index in [4.69, 9.17) is 0 Å². The lowest BCUT2D eigenvalue weighted by Crippen LogP contribution is -2.31. The number of fused-ring (bicyclic) bond motifs is 1. The summed E-state index contributed by atoms with van der Waals surface area (Å²) in [7, 11) is 0. The molecule has 3 aromatic rings. The molecule has 0 saturated carbocycles. The Balaban J connectivity index is 2.14. The third-order valence-corrected chi connectivity index (χ3v) is 3.47. The maximum atomic E-state index is 14.7. The fourth-order valence-electron chi connectivity index (χ4n) is 2.48. The monoisotopic (exact) mass is 288 g/mol. The van der Waals surface area contributed by atoms with Gasteiger partial charge in [-0.2, -0.15) is 8.78 Å². The number of hydrogen-bond donors (Lipinski definition) is 1. The average Bonchev–Trinajstić information content (AvgIpc) is 2.83. The van der Waals surface area contributed by atoms with Gasteiger partial charge in [-0.25, -0.2) is 4.98 Å². The molecule has 0 spiro atoms. The molecule has 21 heavy (non-hydrogen) atoms. The van der Waals surface area contributed by atoms with Gasteiger partial charge in [-0.05, 0) is 24.6 Å². The lowest BCUT2D eigenvalue weighted by Gasteiger charge is -2.25. The molecule has 2 aromatic carbocycles. The Morgan fingerprint density at radius 2 is 1.67 bits per heavy atom. The zero-order valence-electron chi connectivity index (χ0n) is 11.4. The largest absolute Gasteiger partial charge is 0.380 e. The van der Waals surface area contributed by atoms with E-state index in [-0.39, 0.29) is 11.4 Å². The van der Waals surface area contributed by atoms with Crippen LogP contribution in [0.1, 0.15) is 17.5 Å². The molecule has 1 unspecified atom stereocenters. The van der Waals surface area contributed by atoms with Crippen molar-refractivity contribution < 1.29 is 13.9 Å². The molecule has 3 rings (SSSR count). The van der Waals surface area contributed by atoms with Crippen molar-refractivity contribution in [1.29, 1.82) is 0 Å². The highest BCUT2D eigenvalue weighted by molar-refractivity contribution is 5.76. The van der Waals surface area contributed by atoms with Crippen molar-refractivity contribution in [3.8, 4) is 0 Å². The Hall–Kier alpha value is -2.27. The van der Waals surface area contributed by atoms with E-state index in [1.807, 2.05) is 0 Å². The molecule has 0 aliphatic carbocycles. The predicted octanol–water partition coefficient (Wildman–Crippen LogP) is 3.63. The van der Waals surface area contributed by atoms with E-state index in [9.17, 15) is 13.9 Å². The molecule has 0 radical (unpaired) electrons. The van der Waals surface area contributed by atoms with Crippen molar-refractivity contribution in [3.63, 3.8) is 0 Å². The topological polar surface area (TPSA) is 38.0 Å². The number of aliphatic hydroxyl groups is 1. The minimum Gasteiger partial charge on any atom is -0.380 e. The lowest BCUT2D eigenvalue weighted by atomic mass is 10.1. The van der Waals surface area contributed by atoms with Gasteiger partial charge in [0.2, 0.25) is 0 Å². The number of hydrogen-bond acceptors (Lipinski definition) is 2. The Labute approximate surface area is 120 Å². The van der Waals surface area contributed by atoms with E-state index in [1.165, 1.54) is 19.1 Å². The van der Waals surface area contributed by atoms with Crippen molar-refractivity contribution in [1.82, 2.24) is 9.55 Å². The standard InChI is InChI=1S/C16H14F2N2O/c1-11-19-13-9-5-6-10-14(13)20(11)16(17,18)15(21)12-7-3-2-4-8-12/h2-10,15,21H,1H3. The number of para-hydroxylation sites is 2. The molecule has 0 aliphatic rings. The van der Waals surface area contributed by atoms with Gasteiger partial charge in [0.1, 0.15) is 5.82 Å². The van der Waals surface area contributed by atoms with Crippen LogP contribution in [-0.4, -0.2) is 14.7 Å². The number of alkyl halides is 2. The quantitative estimate of drug-likeness (QED) is 0.799. The minimum atomic E-state index is -3.48. The maximum Gasteiger partial charge on any atom is 0.360 e. The van der Waals surface area contributed by atoms with Gasteiger partial charge in [0, 0.05) is 0 Å². The van der Waals surface area contributed by atoms with Crippen LogP contribution in [-0.2, 0) is 6.05 Å². The summed E-state index contributed by atoms with van der Waals surface area (Å²) in [6, 6.07) is 11.1. The third kappa shape index (κ3) is 2.19. The first-order valence-electron chi connectivity index (χ1n) is 6.57. The molecular weight excluding hydrogens is 274 g/mol. The molecule has 1 atom stereocenters. The van der Waals surface area contributed by atoms with Crippen LogP contribution in [0.3, 0.4) is 0 Å². The zero-order valence-corrected chi connectivity index (χ0v) is 11.4. The second-order valence-corrected chi connectivity index (χ2v) is 4.88. The molecule has 1 heterocycles. The molecular formula is C16H14F2N2O. The highest BCUT2D eigenvalue weighted by atomic mass is 19.3. The zero-order chi connectivity index (χ0) is 15.0. The van der Waals surface area contributed by atoms with Gasteiger partial charge in [0.05, 0.1) is 11.0 Å². The van der Waals surface area contributed by atoms with Crippen LogP contribution in [0.5, 0.6) is 0 Å². The highest BCUT2D eigenvalue weighted by Crippen LogP contribution is 2.38. The molecule has 0 amide bonds. The van der Waals surface area contributed by atoms with Crippen LogP contribution in [0.25, 0.3) is 11.0 Å². The summed E-state index contributed by atoms with van der Waals surface area (Å²) >= 11 is 0. The summed E-state index contributed by atoms with van der Waals surface area (Å²) in [4.78, 5) is 4.13. The van der Waals surface area contributed by atoms with Gasteiger partial charge < -0.3 is 5.11 Å². The first-order valence-corrected chi connectivity index (χ1v) is 6.57. The molecule has 1 N–H and O–H groups in total. The summed E-state index contributed by atoms with van der Waals surface area (Å²) in [6.07, 6.45) is -1.94. The number of aryl methyl sites for hydroxylation is 1. The van der Waals surface area contributed by atoms with Crippen LogP contribution >= 0.6 is 0 Å². The smallest absolute Gasteiger partial charge is 0.360 e. The van der Waals surface area contributed by atoms with Crippen LogP contribution in [0.15, 0.2) is 54.6 Å². The van der Waals surface area contributed by atoms with E-state index in [0.717, 1.165) is 4.57 Å². The summed E-state index contributed by atoms with van der Waals surface area (Å²) in [6.45, 7) is 1.51. The number of imidazole rings is 1. The number of aromatic nitrogens is 2. The van der Waals surface area contributed by atoms with Crippen molar-refractivity contribution >= 4 is 11.0 Å². The lowest BCUT2D eigenvalue weighted by molar-refractivity contribution is -0.173. The number of rotatable bonds is 3. The molecule has 1 aromatic heterocycles. The summed E-state index contributed by atoms with van der Waals surface area (Å²) < 4.78 is 30.3. The Morgan fingerprint density at radius 3 is 2.38 bits per heavy atom. The van der Waals surface area contributed by atoms with Crippen LogP contribution in [0.4, 0.5) is 8.78 Å². The first-order chi connectivity index (χ1) is 10.0. The number of aliphatic hydroxyl groups excluding tert-OH is 1. The van der Waals surface area contributed by atoms with E-state index >= 15 is 0 Å². The van der Waals surface area contributed by atoms with Gasteiger partial charge in [-0.3, -0.25) is 4.57 Å². The normalized spacial score (nSPS) is 13.5. The summed E-state index contributed by atoms with van der Waals surface area (Å²) in [5.41, 5.74) is 0.949. The fourth-order valence-corrected chi connectivity index (χ4v) is 2.48. The second-order valence-electron chi connectivity index (χ2n) is 4.88. The number of benzene rings is 2. The predicted molar refractivity (Wildman–Crippen MR) is 76.1 cm³/mol. The molecule has 0 fully saturated rings. The van der Waals surface area contributed by atoms with Gasteiger partial charge in [-0.15, -0.1) is 0 Å². The molecule has 0 saturated heterocycles. The average molecular weight is 288 g/mol. The highest BCUT2D eigenvalue weighted by Gasteiger charge is 2.43. The van der Waals surface area contributed by atoms with Gasteiger partial charge in [0.25, 0.3) is 0 Å². The Morgan fingerprint density at radius 1 is 1.05 bits per heavy atom. The molecule has 0 bridgehead atoms. The van der Waals surface area contributed by atoms with E-state index in [2.05, 4.69) is 4.98 Å². The van der Waals surface area contributed by atoms with Gasteiger partial charge in [-0.1, -0.05) is 42.5 Å². The Bertz CT molecular complexity index is 768. The molecule has 5 heteroatoms. The molecule has 0 aliphatic heterocycles. The van der Waals surface area contributed by atoms with Crippen molar-refractivity contribution in [2.75, 3.05) is 0 Å². The summed E-state index contributed by atoms with van der Waals surface area (Å²) in [5.74, 6) is 0.163. The van der Waals surface area contributed by atoms with E-state index in [0.29, 0.717) is 11.0 Å². The number of nitrogens with zero attached hydrogens (tertiary/aromatic N) is 2. The molecule has 3 nitrogen and oxygen atoms in total. The van der Waals surface area contributed by atoms with E-state index < -0.39 is 12.2 Å². The summed E-state index contributed by atoms with van der Waals surface area (Å²) in [5, 5.41) is 10.1. The molecule has 108 valence electrons. The fraction of sp³-hybridized carbons (Fsp3) is 0.188. The number of halogens is 2. The maximum absolute atomic E-state index is 14.7. The van der Waals surface area contributed by atoms with Gasteiger partial charge >= 0.3 is 6.05 Å². The van der Waals surface area contributed by atoms with Crippen LogP contribution < -0.4 is 0 Å².